The molecule has 1 amide bonds. The minimum Gasteiger partial charge on any atom is -0.383 e. The summed E-state index contributed by atoms with van der Waals surface area (Å²) in [5.74, 6) is -0.0815. The van der Waals surface area contributed by atoms with Crippen molar-refractivity contribution in [2.75, 3.05) is 25.2 Å². The van der Waals surface area contributed by atoms with E-state index in [1.165, 1.54) is 6.21 Å². The number of hydrogen-bond donors (Lipinski definition) is 0. The number of methoxy groups -OCH3 is 1. The van der Waals surface area contributed by atoms with Crippen LogP contribution in [-0.2, 0) is 16.1 Å². The van der Waals surface area contributed by atoms with Crippen LogP contribution in [0.3, 0.4) is 0 Å². The van der Waals surface area contributed by atoms with Gasteiger partial charge in [-0.25, -0.2) is 0 Å². The summed E-state index contributed by atoms with van der Waals surface area (Å²) in [5.41, 5.74) is 2.00. The summed E-state index contributed by atoms with van der Waals surface area (Å²) in [4.78, 5) is 17.6. The molecule has 16 heavy (non-hydrogen) atoms. The Labute approximate surface area is 94.5 Å². The Morgan fingerprint density at radius 3 is 3.06 bits per heavy atom. The van der Waals surface area contributed by atoms with Gasteiger partial charge in [-0.05, 0) is 11.6 Å². The molecule has 1 aromatic rings. The van der Waals surface area contributed by atoms with Crippen molar-refractivity contribution >= 4 is 17.8 Å². The van der Waals surface area contributed by atoms with E-state index in [1.807, 2.05) is 24.3 Å². The third kappa shape index (κ3) is 2.12. The first-order chi connectivity index (χ1) is 7.83. The lowest BCUT2D eigenvalue weighted by atomic mass is 10.1. The molecular formula is C12H14N2O2. The minimum atomic E-state index is -0.0815. The Hall–Kier alpha value is -1.68. The van der Waals surface area contributed by atoms with Crippen LogP contribution in [0.15, 0.2) is 29.3 Å². The van der Waals surface area contributed by atoms with Gasteiger partial charge < -0.3 is 9.64 Å². The van der Waals surface area contributed by atoms with Gasteiger partial charge in [0, 0.05) is 19.3 Å². The lowest BCUT2D eigenvalue weighted by molar-refractivity contribution is -0.112. The SMILES string of the molecule is COCCN1C(=O)C=NCc2ccccc21. The predicted molar refractivity (Wildman–Crippen MR) is 62.9 cm³/mol. The lowest BCUT2D eigenvalue weighted by Crippen LogP contribution is -2.34. The Balaban J connectivity index is 2.32. The first-order valence-electron chi connectivity index (χ1n) is 5.21. The second-order valence-corrected chi connectivity index (χ2v) is 3.58. The summed E-state index contributed by atoms with van der Waals surface area (Å²) in [6, 6.07) is 7.82. The van der Waals surface area contributed by atoms with Crippen LogP contribution in [0.4, 0.5) is 5.69 Å². The minimum absolute atomic E-state index is 0.0815. The number of anilines is 1. The van der Waals surface area contributed by atoms with Crippen molar-refractivity contribution in [3.8, 4) is 0 Å². The van der Waals surface area contributed by atoms with E-state index in [1.54, 1.807) is 12.0 Å². The topological polar surface area (TPSA) is 41.9 Å². The number of benzene rings is 1. The fraction of sp³-hybridized carbons (Fsp3) is 0.333. The highest BCUT2D eigenvalue weighted by molar-refractivity contribution is 6.33. The number of carbonyl (C=O) groups is 1. The van der Waals surface area contributed by atoms with E-state index in [4.69, 9.17) is 4.74 Å². The van der Waals surface area contributed by atoms with Gasteiger partial charge in [-0.1, -0.05) is 18.2 Å². The van der Waals surface area contributed by atoms with Gasteiger partial charge in [0.15, 0.2) is 0 Å². The van der Waals surface area contributed by atoms with E-state index in [2.05, 4.69) is 4.99 Å². The number of fused-ring (bicyclic) bond motifs is 1. The molecule has 0 aromatic heterocycles. The Morgan fingerprint density at radius 2 is 2.25 bits per heavy atom. The van der Waals surface area contributed by atoms with Crippen LogP contribution in [0.5, 0.6) is 0 Å². The zero-order valence-corrected chi connectivity index (χ0v) is 9.22. The van der Waals surface area contributed by atoms with Gasteiger partial charge in [0.05, 0.1) is 19.4 Å². The maximum atomic E-state index is 11.8. The molecule has 0 bridgehead atoms. The van der Waals surface area contributed by atoms with Crippen LogP contribution in [-0.4, -0.2) is 32.4 Å². The average Bonchev–Trinajstić information content (AvgIpc) is 2.46. The standard InChI is InChI=1S/C12H14N2O2/c1-16-7-6-14-11-5-3-2-4-10(11)8-13-9-12(14)15/h2-5,9H,6-8H2,1H3. The summed E-state index contributed by atoms with van der Waals surface area (Å²) in [7, 11) is 1.63. The molecule has 0 atom stereocenters. The maximum absolute atomic E-state index is 11.8. The van der Waals surface area contributed by atoms with Crippen molar-refractivity contribution in [1.29, 1.82) is 0 Å². The average molecular weight is 218 g/mol. The van der Waals surface area contributed by atoms with Crippen LogP contribution in [0, 0.1) is 0 Å². The Bertz CT molecular complexity index is 415. The molecule has 84 valence electrons. The molecule has 0 saturated carbocycles. The van der Waals surface area contributed by atoms with E-state index in [0.29, 0.717) is 19.7 Å². The number of para-hydroxylation sites is 1. The molecule has 1 heterocycles. The molecule has 1 aliphatic rings. The molecule has 0 saturated heterocycles. The van der Waals surface area contributed by atoms with Gasteiger partial charge in [0.25, 0.3) is 5.91 Å². The summed E-state index contributed by atoms with van der Waals surface area (Å²) < 4.78 is 5.01. The molecule has 0 radical (unpaired) electrons. The van der Waals surface area contributed by atoms with Crippen molar-refractivity contribution in [3.63, 3.8) is 0 Å². The van der Waals surface area contributed by atoms with Crippen molar-refractivity contribution in [1.82, 2.24) is 0 Å². The predicted octanol–water partition coefficient (Wildman–Crippen LogP) is 1.25. The van der Waals surface area contributed by atoms with Gasteiger partial charge in [0.1, 0.15) is 0 Å². The molecule has 1 aliphatic heterocycles. The second kappa shape index (κ2) is 4.90. The van der Waals surface area contributed by atoms with Crippen molar-refractivity contribution < 1.29 is 9.53 Å². The molecule has 2 rings (SSSR count). The number of ether oxygens (including phenoxy) is 1. The lowest BCUT2D eigenvalue weighted by Gasteiger charge is -2.21. The van der Waals surface area contributed by atoms with Crippen LogP contribution >= 0.6 is 0 Å². The molecule has 0 fully saturated rings. The maximum Gasteiger partial charge on any atom is 0.269 e. The third-order valence-corrected chi connectivity index (χ3v) is 2.53. The molecule has 0 N–H and O–H groups in total. The highest BCUT2D eigenvalue weighted by Crippen LogP contribution is 2.22. The van der Waals surface area contributed by atoms with Gasteiger partial charge in [-0.2, -0.15) is 0 Å². The van der Waals surface area contributed by atoms with Gasteiger partial charge in [0.2, 0.25) is 0 Å². The molecule has 0 aliphatic carbocycles. The fourth-order valence-electron chi connectivity index (χ4n) is 1.73. The van der Waals surface area contributed by atoms with E-state index < -0.39 is 0 Å². The van der Waals surface area contributed by atoms with Crippen LogP contribution in [0.1, 0.15) is 5.56 Å². The van der Waals surface area contributed by atoms with Crippen molar-refractivity contribution in [3.05, 3.63) is 29.8 Å². The highest BCUT2D eigenvalue weighted by Gasteiger charge is 2.18. The normalized spacial score (nSPS) is 14.8. The zero-order valence-electron chi connectivity index (χ0n) is 9.22. The molecule has 1 aromatic carbocycles. The molecule has 4 nitrogen and oxygen atoms in total. The van der Waals surface area contributed by atoms with E-state index in [0.717, 1.165) is 11.3 Å². The first-order valence-corrected chi connectivity index (χ1v) is 5.21. The van der Waals surface area contributed by atoms with Crippen molar-refractivity contribution in [2.24, 2.45) is 4.99 Å². The van der Waals surface area contributed by atoms with E-state index in [9.17, 15) is 4.79 Å². The quantitative estimate of drug-likeness (QED) is 0.766. The summed E-state index contributed by atoms with van der Waals surface area (Å²) in [6.07, 6.45) is 1.38. The number of amides is 1. The fourth-order valence-corrected chi connectivity index (χ4v) is 1.73. The number of carbonyl (C=O) groups excluding carboxylic acids is 1. The molecule has 0 unspecified atom stereocenters. The van der Waals surface area contributed by atoms with Crippen molar-refractivity contribution in [2.45, 2.75) is 6.54 Å². The largest absolute Gasteiger partial charge is 0.383 e. The summed E-state index contributed by atoms with van der Waals surface area (Å²) in [6.45, 7) is 1.64. The summed E-state index contributed by atoms with van der Waals surface area (Å²) >= 11 is 0. The van der Waals surface area contributed by atoms with Crippen LogP contribution < -0.4 is 4.90 Å². The smallest absolute Gasteiger partial charge is 0.269 e. The number of nitrogens with zero attached hydrogens (tertiary/aromatic N) is 2. The van der Waals surface area contributed by atoms with Crippen LogP contribution in [0.25, 0.3) is 0 Å². The van der Waals surface area contributed by atoms with E-state index >= 15 is 0 Å². The van der Waals surface area contributed by atoms with Crippen LogP contribution in [0.2, 0.25) is 0 Å². The summed E-state index contributed by atoms with van der Waals surface area (Å²) in [5, 5.41) is 0. The van der Waals surface area contributed by atoms with Gasteiger partial charge in [-0.15, -0.1) is 0 Å². The van der Waals surface area contributed by atoms with E-state index in [-0.39, 0.29) is 5.91 Å². The first kappa shape index (κ1) is 10.8. The second-order valence-electron chi connectivity index (χ2n) is 3.58. The Kier molecular flexibility index (Phi) is 3.31. The molecular weight excluding hydrogens is 204 g/mol. The number of hydrogen-bond acceptors (Lipinski definition) is 3. The van der Waals surface area contributed by atoms with Gasteiger partial charge in [-0.3, -0.25) is 9.79 Å². The third-order valence-electron chi connectivity index (χ3n) is 2.53. The number of rotatable bonds is 3. The van der Waals surface area contributed by atoms with Gasteiger partial charge >= 0.3 is 0 Å². The molecule has 0 spiro atoms. The highest BCUT2D eigenvalue weighted by atomic mass is 16.5. The Morgan fingerprint density at radius 1 is 1.44 bits per heavy atom. The number of aliphatic imine (C=N–C) groups is 1. The monoisotopic (exact) mass is 218 g/mol. The zero-order chi connectivity index (χ0) is 11.4. The molecule has 4 heteroatoms.